The maximum Gasteiger partial charge on any atom is 0.333 e. The largest absolute Gasteiger partial charge is 0.466 e. The number of rotatable bonds is 4. The van der Waals surface area contributed by atoms with E-state index in [4.69, 9.17) is 0 Å². The molecule has 13 heavy (non-hydrogen) atoms. The Morgan fingerprint density at radius 2 is 2.00 bits per heavy atom. The average molecular weight is 182 g/mol. The minimum atomic E-state index is -0.254. The van der Waals surface area contributed by atoms with Gasteiger partial charge < -0.3 is 4.74 Å². The van der Waals surface area contributed by atoms with Crippen LogP contribution in [0.3, 0.4) is 0 Å². The van der Waals surface area contributed by atoms with Gasteiger partial charge in [-0.1, -0.05) is 25.5 Å². The second-order valence-corrected chi connectivity index (χ2v) is 2.86. The van der Waals surface area contributed by atoms with Crippen molar-refractivity contribution in [3.63, 3.8) is 0 Å². The van der Waals surface area contributed by atoms with Gasteiger partial charge in [0, 0.05) is 5.57 Å². The topological polar surface area (TPSA) is 26.3 Å². The molecule has 0 bridgehead atoms. The van der Waals surface area contributed by atoms with Gasteiger partial charge in [0.25, 0.3) is 0 Å². The molecule has 0 N–H and O–H groups in total. The summed E-state index contributed by atoms with van der Waals surface area (Å²) in [5, 5.41) is 0. The Kier molecular flexibility index (Phi) is 5.94. The summed E-state index contributed by atoms with van der Waals surface area (Å²) in [5.41, 5.74) is 1.84. The highest BCUT2D eigenvalue weighted by Gasteiger charge is 2.02. The van der Waals surface area contributed by atoms with Gasteiger partial charge in [0.05, 0.1) is 7.11 Å². The monoisotopic (exact) mass is 182 g/mol. The Bertz CT molecular complexity index is 224. The van der Waals surface area contributed by atoms with E-state index in [1.165, 1.54) is 12.7 Å². The van der Waals surface area contributed by atoms with E-state index in [9.17, 15) is 4.79 Å². The van der Waals surface area contributed by atoms with Crippen LogP contribution in [0.15, 0.2) is 23.3 Å². The molecule has 0 spiro atoms. The van der Waals surface area contributed by atoms with Crippen LogP contribution in [0.2, 0.25) is 0 Å². The molecular formula is C11H18O2. The molecule has 74 valence electrons. The van der Waals surface area contributed by atoms with Gasteiger partial charge in [-0.15, -0.1) is 0 Å². The van der Waals surface area contributed by atoms with Gasteiger partial charge in [-0.2, -0.15) is 0 Å². The van der Waals surface area contributed by atoms with Crippen LogP contribution in [0, 0.1) is 0 Å². The van der Waals surface area contributed by atoms with E-state index in [0.717, 1.165) is 12.8 Å². The lowest BCUT2D eigenvalue weighted by Crippen LogP contribution is -2.01. The molecule has 0 aromatic rings. The van der Waals surface area contributed by atoms with E-state index in [1.807, 2.05) is 6.08 Å². The molecule has 0 saturated heterocycles. The Balaban J connectivity index is 4.51. The Morgan fingerprint density at radius 1 is 1.38 bits per heavy atom. The van der Waals surface area contributed by atoms with E-state index in [-0.39, 0.29) is 5.97 Å². The molecule has 0 aliphatic heterocycles. The van der Waals surface area contributed by atoms with Crippen LogP contribution in [0.1, 0.15) is 33.6 Å². The summed E-state index contributed by atoms with van der Waals surface area (Å²) in [5.74, 6) is -0.254. The maximum absolute atomic E-state index is 11.0. The van der Waals surface area contributed by atoms with Crippen molar-refractivity contribution in [1.82, 2.24) is 0 Å². The third kappa shape index (κ3) is 4.51. The van der Waals surface area contributed by atoms with Gasteiger partial charge in [0.1, 0.15) is 0 Å². The standard InChI is InChI=1S/C11H18O2/c1-5-7-10(6-2)8-9(3)11(12)13-4/h7-8H,5-6H2,1-4H3/b9-8+,10-7+. The maximum atomic E-state index is 11.0. The van der Waals surface area contributed by atoms with Gasteiger partial charge in [0.15, 0.2) is 0 Å². The number of ether oxygens (including phenoxy) is 1. The third-order valence-corrected chi connectivity index (χ3v) is 1.78. The second-order valence-electron chi connectivity index (χ2n) is 2.86. The molecular weight excluding hydrogens is 164 g/mol. The Hall–Kier alpha value is -1.05. The zero-order valence-corrected chi connectivity index (χ0v) is 8.89. The second kappa shape index (κ2) is 6.46. The normalized spacial score (nSPS) is 12.9. The lowest BCUT2D eigenvalue weighted by atomic mass is 10.1. The molecule has 0 aromatic carbocycles. The highest BCUT2D eigenvalue weighted by Crippen LogP contribution is 2.08. The molecule has 0 amide bonds. The van der Waals surface area contributed by atoms with Gasteiger partial charge >= 0.3 is 5.97 Å². The fourth-order valence-corrected chi connectivity index (χ4v) is 1.07. The number of hydrogen-bond donors (Lipinski definition) is 0. The summed E-state index contributed by atoms with van der Waals surface area (Å²) in [4.78, 5) is 11.0. The number of carbonyl (C=O) groups excluding carboxylic acids is 1. The smallest absolute Gasteiger partial charge is 0.333 e. The number of allylic oxidation sites excluding steroid dienone is 3. The highest BCUT2D eigenvalue weighted by molar-refractivity contribution is 5.88. The van der Waals surface area contributed by atoms with Crippen molar-refractivity contribution >= 4 is 5.97 Å². The van der Waals surface area contributed by atoms with E-state index in [1.54, 1.807) is 6.92 Å². The van der Waals surface area contributed by atoms with Crippen molar-refractivity contribution in [1.29, 1.82) is 0 Å². The van der Waals surface area contributed by atoms with Gasteiger partial charge in [-0.3, -0.25) is 0 Å². The fourth-order valence-electron chi connectivity index (χ4n) is 1.07. The van der Waals surface area contributed by atoms with E-state index >= 15 is 0 Å². The molecule has 0 unspecified atom stereocenters. The first-order valence-electron chi connectivity index (χ1n) is 4.61. The molecule has 0 saturated carbocycles. The van der Waals surface area contributed by atoms with E-state index in [2.05, 4.69) is 24.7 Å². The molecule has 0 fully saturated rings. The van der Waals surface area contributed by atoms with Crippen LogP contribution in [-0.4, -0.2) is 13.1 Å². The summed E-state index contributed by atoms with van der Waals surface area (Å²) in [7, 11) is 1.40. The summed E-state index contributed by atoms with van der Waals surface area (Å²) in [6, 6.07) is 0. The highest BCUT2D eigenvalue weighted by atomic mass is 16.5. The van der Waals surface area contributed by atoms with Crippen LogP contribution in [0.5, 0.6) is 0 Å². The van der Waals surface area contributed by atoms with Crippen LogP contribution in [0.4, 0.5) is 0 Å². The van der Waals surface area contributed by atoms with Crippen LogP contribution in [-0.2, 0) is 9.53 Å². The third-order valence-electron chi connectivity index (χ3n) is 1.78. The summed E-state index contributed by atoms with van der Waals surface area (Å²) in [6.07, 6.45) is 5.94. The van der Waals surface area contributed by atoms with Crippen molar-refractivity contribution < 1.29 is 9.53 Å². The number of hydrogen-bond acceptors (Lipinski definition) is 2. The number of methoxy groups -OCH3 is 1. The predicted molar refractivity (Wildman–Crippen MR) is 54.4 cm³/mol. The predicted octanol–water partition coefficient (Wildman–Crippen LogP) is 2.85. The van der Waals surface area contributed by atoms with Crippen molar-refractivity contribution in [3.05, 3.63) is 23.3 Å². The quantitative estimate of drug-likeness (QED) is 0.379. The molecule has 0 rings (SSSR count). The van der Waals surface area contributed by atoms with Crippen LogP contribution in [0.25, 0.3) is 0 Å². The molecule has 0 aliphatic carbocycles. The fraction of sp³-hybridized carbons (Fsp3) is 0.545. The summed E-state index contributed by atoms with van der Waals surface area (Å²) >= 11 is 0. The molecule has 0 radical (unpaired) electrons. The van der Waals surface area contributed by atoms with Gasteiger partial charge in [0.2, 0.25) is 0 Å². The van der Waals surface area contributed by atoms with Crippen molar-refractivity contribution in [3.8, 4) is 0 Å². The first kappa shape index (κ1) is 11.9. The molecule has 2 heteroatoms. The van der Waals surface area contributed by atoms with E-state index < -0.39 is 0 Å². The van der Waals surface area contributed by atoms with Crippen molar-refractivity contribution in [2.75, 3.05) is 7.11 Å². The van der Waals surface area contributed by atoms with Crippen LogP contribution < -0.4 is 0 Å². The minimum Gasteiger partial charge on any atom is -0.466 e. The zero-order valence-electron chi connectivity index (χ0n) is 8.89. The average Bonchev–Trinajstić information content (AvgIpc) is 2.15. The first-order chi connectivity index (χ1) is 6.15. The summed E-state index contributed by atoms with van der Waals surface area (Å²) < 4.78 is 4.60. The lowest BCUT2D eigenvalue weighted by Gasteiger charge is -2.00. The zero-order chi connectivity index (χ0) is 10.3. The Morgan fingerprint density at radius 3 is 2.38 bits per heavy atom. The first-order valence-corrected chi connectivity index (χ1v) is 4.61. The van der Waals surface area contributed by atoms with E-state index in [0.29, 0.717) is 5.57 Å². The molecule has 0 aromatic heterocycles. The number of carbonyl (C=O) groups is 1. The minimum absolute atomic E-state index is 0.254. The SMILES string of the molecule is CC/C=C(/C=C(\C)C(=O)OC)CC. The van der Waals surface area contributed by atoms with Crippen molar-refractivity contribution in [2.24, 2.45) is 0 Å². The lowest BCUT2D eigenvalue weighted by molar-refractivity contribution is -0.136. The molecule has 0 atom stereocenters. The molecule has 2 nitrogen and oxygen atoms in total. The molecule has 0 aliphatic rings. The van der Waals surface area contributed by atoms with Crippen molar-refractivity contribution in [2.45, 2.75) is 33.6 Å². The Labute approximate surface area is 80.3 Å². The van der Waals surface area contributed by atoms with Crippen LogP contribution >= 0.6 is 0 Å². The summed E-state index contributed by atoms with van der Waals surface area (Å²) in [6.45, 7) is 5.92. The van der Waals surface area contributed by atoms with Gasteiger partial charge in [-0.05, 0) is 25.8 Å². The molecule has 0 heterocycles. The number of esters is 1. The van der Waals surface area contributed by atoms with Gasteiger partial charge in [-0.25, -0.2) is 4.79 Å².